The number of carbonyl (C=O) groups excluding carboxylic acids is 1. The summed E-state index contributed by atoms with van der Waals surface area (Å²) < 4.78 is 29.5. The first kappa shape index (κ1) is 26.3. The number of hydrogen-bond donors (Lipinski definition) is 5. The molecule has 0 aliphatic carbocycles. The number of piperidine rings is 1. The van der Waals surface area contributed by atoms with Gasteiger partial charge in [0.05, 0.1) is 16.6 Å². The van der Waals surface area contributed by atoms with Crippen molar-refractivity contribution in [3.8, 4) is 0 Å². The molecule has 0 bridgehead atoms. The summed E-state index contributed by atoms with van der Waals surface area (Å²) in [5.41, 5.74) is 10.2. The highest BCUT2D eigenvalue weighted by Gasteiger charge is 2.49. The van der Waals surface area contributed by atoms with Crippen molar-refractivity contribution in [3.63, 3.8) is 0 Å². The zero-order chi connectivity index (χ0) is 26.6. The second-order valence-corrected chi connectivity index (χ2v) is 10.8. The summed E-state index contributed by atoms with van der Waals surface area (Å²) in [6.45, 7) is 0.671. The molecule has 37 heavy (non-hydrogen) atoms. The number of benzene rings is 3. The molecule has 7 N–H and O–H groups in total. The molecule has 1 aliphatic rings. The lowest BCUT2D eigenvalue weighted by Gasteiger charge is -2.35. The van der Waals surface area contributed by atoms with E-state index in [1.165, 1.54) is 12.1 Å². The van der Waals surface area contributed by atoms with Crippen LogP contribution in [0.15, 0.2) is 76.6 Å². The van der Waals surface area contributed by atoms with E-state index in [0.717, 1.165) is 10.8 Å². The molecule has 0 unspecified atom stereocenters. The van der Waals surface area contributed by atoms with Crippen molar-refractivity contribution in [2.24, 2.45) is 21.9 Å². The van der Waals surface area contributed by atoms with Crippen LogP contribution in [-0.4, -0.2) is 50.4 Å². The molecule has 1 heterocycles. The monoisotopic (exact) mass is 523 g/mol. The topological polar surface area (TPSA) is 177 Å². The van der Waals surface area contributed by atoms with E-state index in [1.54, 1.807) is 42.5 Å². The minimum atomic E-state index is -4.18. The predicted octanol–water partition coefficient (Wildman–Crippen LogP) is 1.66. The number of fused-ring (bicyclic) bond motifs is 1. The molecule has 0 radical (unpaired) electrons. The van der Waals surface area contributed by atoms with Crippen LogP contribution in [0.1, 0.15) is 18.4 Å². The van der Waals surface area contributed by atoms with Crippen molar-refractivity contribution >= 4 is 44.2 Å². The fourth-order valence-corrected chi connectivity index (χ4v) is 5.90. The van der Waals surface area contributed by atoms with Crippen LogP contribution in [0.3, 0.4) is 0 Å². The van der Waals surface area contributed by atoms with Crippen molar-refractivity contribution in [1.82, 2.24) is 10.0 Å². The first-order valence-electron chi connectivity index (χ1n) is 11.8. The first-order valence-corrected chi connectivity index (χ1v) is 13.3. The summed E-state index contributed by atoms with van der Waals surface area (Å²) >= 11 is 0. The fourth-order valence-electron chi connectivity index (χ4n) is 4.67. The number of Topliss-reactive ketones (excluding diaryl/α,β-unsaturated/α-hetero) is 1. The van der Waals surface area contributed by atoms with Gasteiger partial charge in [0.25, 0.3) is 0 Å². The van der Waals surface area contributed by atoms with Crippen LogP contribution in [-0.2, 0) is 26.0 Å². The Labute approximate surface area is 214 Å². The second-order valence-electron chi connectivity index (χ2n) is 9.10. The summed E-state index contributed by atoms with van der Waals surface area (Å²) in [7, 11) is -4.18. The summed E-state index contributed by atoms with van der Waals surface area (Å²) in [6, 6.07) is 17.3. The summed E-state index contributed by atoms with van der Waals surface area (Å²) in [6.07, 6.45) is 0.0365. The molecule has 0 amide bonds. The molecule has 0 spiro atoms. The maximum Gasteiger partial charge on any atom is 0.317 e. The molecular formula is C26H29N5O5S. The lowest BCUT2D eigenvalue weighted by molar-refractivity contribution is -0.157. The van der Waals surface area contributed by atoms with Crippen molar-refractivity contribution in [3.05, 3.63) is 72.3 Å². The number of carboxylic acids is 1. The molecule has 11 heteroatoms. The van der Waals surface area contributed by atoms with E-state index < -0.39 is 33.2 Å². The zero-order valence-corrected chi connectivity index (χ0v) is 20.9. The molecule has 0 saturated carbocycles. The Bertz CT molecular complexity index is 1460. The first-order chi connectivity index (χ1) is 17.6. The van der Waals surface area contributed by atoms with Gasteiger partial charge in [-0.2, -0.15) is 0 Å². The number of nitrogens with one attached hydrogen (secondary N) is 2. The lowest BCUT2D eigenvalue weighted by Crippen LogP contribution is -2.55. The van der Waals surface area contributed by atoms with E-state index in [2.05, 4.69) is 15.0 Å². The number of guanidine groups is 1. The number of nitrogens with two attached hydrogens (primary N) is 2. The van der Waals surface area contributed by atoms with Crippen LogP contribution in [0.5, 0.6) is 0 Å². The van der Waals surface area contributed by atoms with Gasteiger partial charge in [-0.1, -0.05) is 42.5 Å². The highest BCUT2D eigenvalue weighted by Crippen LogP contribution is 2.33. The lowest BCUT2D eigenvalue weighted by atomic mass is 9.72. The summed E-state index contributed by atoms with van der Waals surface area (Å²) in [4.78, 5) is 30.2. The molecule has 1 fully saturated rings. The third-order valence-corrected chi connectivity index (χ3v) is 8.06. The summed E-state index contributed by atoms with van der Waals surface area (Å²) in [5, 5.41) is 14.7. The minimum Gasteiger partial charge on any atom is -0.480 e. The van der Waals surface area contributed by atoms with E-state index in [4.69, 9.17) is 11.5 Å². The van der Waals surface area contributed by atoms with Gasteiger partial charge in [-0.3, -0.25) is 9.59 Å². The minimum absolute atomic E-state index is 0.0204. The van der Waals surface area contributed by atoms with Gasteiger partial charge in [-0.15, -0.1) is 0 Å². The number of carbonyl (C=O) groups is 2. The van der Waals surface area contributed by atoms with Gasteiger partial charge in [-0.05, 0) is 73.0 Å². The molecule has 3 aromatic rings. The van der Waals surface area contributed by atoms with Crippen molar-refractivity contribution < 1.29 is 23.1 Å². The molecule has 1 aliphatic heterocycles. The number of aliphatic imine (C=N–C) groups is 1. The largest absolute Gasteiger partial charge is 0.480 e. The average Bonchev–Trinajstić information content (AvgIpc) is 2.87. The van der Waals surface area contributed by atoms with Gasteiger partial charge >= 0.3 is 5.97 Å². The number of rotatable bonds is 9. The van der Waals surface area contributed by atoms with Gasteiger partial charge in [0, 0.05) is 0 Å². The van der Waals surface area contributed by atoms with Gasteiger partial charge in [0.1, 0.15) is 5.41 Å². The molecule has 4 rings (SSSR count). The standard InChI is InChI=1S/C26H29N5O5S/c27-25(28)30-20-7-3-4-17(14-20)15-22(23(32)26(24(33)34)10-12-29-13-11-26)31-37(35,36)21-9-8-18-5-1-2-6-19(18)16-21/h1-9,14,16,22,29,31H,10-13,15H2,(H,33,34)(H4,27,28,30)/t22-/m0/s1. The Balaban J connectivity index is 1.73. The third kappa shape index (κ3) is 5.79. The molecule has 1 saturated heterocycles. The SMILES string of the molecule is NC(N)=Nc1cccc(C[C@H](NS(=O)(=O)c2ccc3ccccc3c2)C(=O)C2(C(=O)O)CCNCC2)c1. The molecule has 0 aromatic heterocycles. The van der Waals surface area contributed by atoms with E-state index in [1.807, 2.05) is 12.1 Å². The quantitative estimate of drug-likeness (QED) is 0.160. The maximum atomic E-state index is 13.8. The Hall–Kier alpha value is -3.80. The second kappa shape index (κ2) is 10.7. The Morgan fingerprint density at radius 2 is 1.70 bits per heavy atom. The molecular weight excluding hydrogens is 494 g/mol. The number of nitrogens with zero attached hydrogens (tertiary/aromatic N) is 1. The number of ketones is 1. The van der Waals surface area contributed by atoms with Crippen LogP contribution < -0.4 is 21.5 Å². The molecule has 3 aromatic carbocycles. The Morgan fingerprint density at radius 3 is 2.38 bits per heavy atom. The van der Waals surface area contributed by atoms with Crippen molar-refractivity contribution in [2.75, 3.05) is 13.1 Å². The van der Waals surface area contributed by atoms with Gasteiger partial charge in [0.2, 0.25) is 10.0 Å². The van der Waals surface area contributed by atoms with Crippen LogP contribution in [0, 0.1) is 5.41 Å². The van der Waals surface area contributed by atoms with E-state index >= 15 is 0 Å². The van der Waals surface area contributed by atoms with Crippen molar-refractivity contribution in [1.29, 1.82) is 0 Å². The van der Waals surface area contributed by atoms with Crippen LogP contribution in [0.2, 0.25) is 0 Å². The van der Waals surface area contributed by atoms with Gasteiger partial charge in [-0.25, -0.2) is 18.1 Å². The third-order valence-electron chi connectivity index (χ3n) is 6.59. The van der Waals surface area contributed by atoms with Crippen LogP contribution in [0.4, 0.5) is 5.69 Å². The zero-order valence-electron chi connectivity index (χ0n) is 20.1. The average molecular weight is 524 g/mol. The molecule has 194 valence electrons. The fraction of sp³-hybridized carbons (Fsp3) is 0.269. The number of sulfonamides is 1. The number of carboxylic acid groups (broad SMARTS) is 1. The van der Waals surface area contributed by atoms with Crippen LogP contribution >= 0.6 is 0 Å². The maximum absolute atomic E-state index is 13.8. The summed E-state index contributed by atoms with van der Waals surface area (Å²) in [5.74, 6) is -2.09. The predicted molar refractivity (Wildman–Crippen MR) is 141 cm³/mol. The highest BCUT2D eigenvalue weighted by atomic mass is 32.2. The smallest absolute Gasteiger partial charge is 0.317 e. The Kier molecular flexibility index (Phi) is 7.58. The highest BCUT2D eigenvalue weighted by molar-refractivity contribution is 7.89. The number of hydrogen-bond acceptors (Lipinski definition) is 6. The van der Waals surface area contributed by atoms with Gasteiger partial charge in [0.15, 0.2) is 11.7 Å². The molecule has 1 atom stereocenters. The van der Waals surface area contributed by atoms with E-state index in [-0.39, 0.29) is 30.1 Å². The number of aliphatic carboxylic acids is 1. The van der Waals surface area contributed by atoms with E-state index in [0.29, 0.717) is 24.3 Å². The molecule has 10 nitrogen and oxygen atoms in total. The van der Waals surface area contributed by atoms with Crippen molar-refractivity contribution in [2.45, 2.75) is 30.2 Å². The normalized spacial score (nSPS) is 16.1. The van der Waals surface area contributed by atoms with Crippen LogP contribution in [0.25, 0.3) is 10.8 Å². The Morgan fingerprint density at radius 1 is 1.00 bits per heavy atom. The van der Waals surface area contributed by atoms with E-state index in [9.17, 15) is 23.1 Å². The van der Waals surface area contributed by atoms with Gasteiger partial charge < -0.3 is 21.9 Å².